The third-order valence-corrected chi connectivity index (χ3v) is 1.54. The van der Waals surface area contributed by atoms with Crippen LogP contribution in [0.5, 0.6) is 0 Å². The fourth-order valence-electron chi connectivity index (χ4n) is 0.816. The maximum Gasteiger partial charge on any atom is 0.166 e. The highest BCUT2D eigenvalue weighted by molar-refractivity contribution is 7.80. The monoisotopic (exact) mass is 160 g/mol. The standard InChI is InChI=1S/C7H16N2S/c1-4-9(7(8)10)5-6(2)3/h6H,4-5H2,1-3H3,(H2,8,10). The number of nitrogens with zero attached hydrogens (tertiary/aromatic N) is 1. The highest BCUT2D eigenvalue weighted by atomic mass is 32.1. The molecule has 0 unspecified atom stereocenters. The fraction of sp³-hybridized carbons (Fsp3) is 0.857. The van der Waals surface area contributed by atoms with Crippen LogP contribution in [0, 0.1) is 5.92 Å². The summed E-state index contributed by atoms with van der Waals surface area (Å²) in [6, 6.07) is 0. The average Bonchev–Trinajstić information content (AvgIpc) is 1.81. The molecule has 3 heteroatoms. The van der Waals surface area contributed by atoms with Crippen molar-refractivity contribution in [3.63, 3.8) is 0 Å². The van der Waals surface area contributed by atoms with Gasteiger partial charge in [-0.1, -0.05) is 13.8 Å². The second-order valence-corrected chi connectivity index (χ2v) is 3.19. The maximum atomic E-state index is 5.45. The quantitative estimate of drug-likeness (QED) is 0.629. The van der Waals surface area contributed by atoms with Crippen molar-refractivity contribution in [1.29, 1.82) is 0 Å². The number of nitrogens with two attached hydrogens (primary N) is 1. The topological polar surface area (TPSA) is 29.3 Å². The van der Waals surface area contributed by atoms with Crippen LogP contribution in [0.2, 0.25) is 0 Å². The Bertz CT molecular complexity index is 112. The van der Waals surface area contributed by atoms with Gasteiger partial charge in [-0.2, -0.15) is 0 Å². The molecule has 0 fully saturated rings. The van der Waals surface area contributed by atoms with Gasteiger partial charge in [-0.3, -0.25) is 0 Å². The number of hydrogen-bond donors (Lipinski definition) is 1. The lowest BCUT2D eigenvalue weighted by molar-refractivity contribution is 0.383. The molecular weight excluding hydrogens is 144 g/mol. The normalized spacial score (nSPS) is 10.0. The van der Waals surface area contributed by atoms with Crippen LogP contribution in [-0.4, -0.2) is 23.1 Å². The lowest BCUT2D eigenvalue weighted by Crippen LogP contribution is -2.37. The van der Waals surface area contributed by atoms with E-state index in [9.17, 15) is 0 Å². The zero-order chi connectivity index (χ0) is 8.15. The summed E-state index contributed by atoms with van der Waals surface area (Å²) < 4.78 is 0. The molecule has 0 amide bonds. The van der Waals surface area contributed by atoms with Crippen LogP contribution < -0.4 is 5.73 Å². The lowest BCUT2D eigenvalue weighted by Gasteiger charge is -2.22. The first kappa shape index (κ1) is 9.69. The smallest absolute Gasteiger partial charge is 0.166 e. The minimum Gasteiger partial charge on any atom is -0.376 e. The van der Waals surface area contributed by atoms with Gasteiger partial charge in [0.05, 0.1) is 0 Å². The maximum absolute atomic E-state index is 5.45. The van der Waals surface area contributed by atoms with Gasteiger partial charge in [0.2, 0.25) is 0 Å². The minimum absolute atomic E-state index is 0.510. The summed E-state index contributed by atoms with van der Waals surface area (Å²) in [5.74, 6) is 0.626. The van der Waals surface area contributed by atoms with Gasteiger partial charge in [0.1, 0.15) is 0 Å². The van der Waals surface area contributed by atoms with Crippen molar-refractivity contribution in [3.8, 4) is 0 Å². The second kappa shape index (κ2) is 4.50. The van der Waals surface area contributed by atoms with Crippen molar-refractivity contribution in [2.75, 3.05) is 13.1 Å². The molecule has 0 radical (unpaired) electrons. The third-order valence-electron chi connectivity index (χ3n) is 1.28. The van der Waals surface area contributed by atoms with Crippen LogP contribution in [0.4, 0.5) is 0 Å². The molecule has 0 aliphatic carbocycles. The molecule has 0 aliphatic heterocycles. The highest BCUT2D eigenvalue weighted by Crippen LogP contribution is 1.97. The van der Waals surface area contributed by atoms with E-state index in [4.69, 9.17) is 18.0 Å². The van der Waals surface area contributed by atoms with Gasteiger partial charge < -0.3 is 10.6 Å². The van der Waals surface area contributed by atoms with E-state index >= 15 is 0 Å². The number of thiocarbonyl (C=S) groups is 1. The first-order chi connectivity index (χ1) is 4.57. The predicted octanol–water partition coefficient (Wildman–Crippen LogP) is 1.21. The molecule has 0 bridgehead atoms. The Kier molecular flexibility index (Phi) is 4.36. The summed E-state index contributed by atoms with van der Waals surface area (Å²) >= 11 is 4.84. The van der Waals surface area contributed by atoms with E-state index in [0.29, 0.717) is 11.0 Å². The largest absolute Gasteiger partial charge is 0.376 e. The zero-order valence-electron chi connectivity index (χ0n) is 6.92. The van der Waals surface area contributed by atoms with Gasteiger partial charge in [-0.25, -0.2) is 0 Å². The van der Waals surface area contributed by atoms with Gasteiger partial charge in [-0.05, 0) is 25.1 Å². The van der Waals surface area contributed by atoms with Crippen molar-refractivity contribution < 1.29 is 0 Å². The molecule has 0 spiro atoms. The van der Waals surface area contributed by atoms with Crippen LogP contribution in [0.25, 0.3) is 0 Å². The van der Waals surface area contributed by atoms with Gasteiger partial charge >= 0.3 is 0 Å². The molecular formula is C7H16N2S. The first-order valence-electron chi connectivity index (χ1n) is 3.62. The number of hydrogen-bond acceptors (Lipinski definition) is 1. The van der Waals surface area contributed by atoms with Crippen LogP contribution in [-0.2, 0) is 0 Å². The average molecular weight is 160 g/mol. The molecule has 0 aromatic rings. The van der Waals surface area contributed by atoms with E-state index in [1.165, 1.54) is 0 Å². The van der Waals surface area contributed by atoms with E-state index in [-0.39, 0.29) is 0 Å². The van der Waals surface area contributed by atoms with Gasteiger partial charge in [0, 0.05) is 13.1 Å². The molecule has 2 N–H and O–H groups in total. The van der Waals surface area contributed by atoms with Crippen molar-refractivity contribution in [2.24, 2.45) is 11.7 Å². The molecule has 2 nitrogen and oxygen atoms in total. The second-order valence-electron chi connectivity index (χ2n) is 2.77. The van der Waals surface area contributed by atoms with E-state index in [1.807, 2.05) is 4.90 Å². The third kappa shape index (κ3) is 3.67. The Balaban J connectivity index is 3.72. The summed E-state index contributed by atoms with van der Waals surface area (Å²) in [6.45, 7) is 8.24. The van der Waals surface area contributed by atoms with Crippen molar-refractivity contribution in [1.82, 2.24) is 4.90 Å². The van der Waals surface area contributed by atoms with Crippen molar-refractivity contribution in [3.05, 3.63) is 0 Å². The molecule has 0 aromatic carbocycles. The minimum atomic E-state index is 0.510. The fourth-order valence-corrected chi connectivity index (χ4v) is 1.02. The van der Waals surface area contributed by atoms with E-state index in [0.717, 1.165) is 13.1 Å². The van der Waals surface area contributed by atoms with Crippen molar-refractivity contribution in [2.45, 2.75) is 20.8 Å². The SMILES string of the molecule is CCN(CC(C)C)C(N)=S. The van der Waals surface area contributed by atoms with Crippen LogP contribution in [0.1, 0.15) is 20.8 Å². The van der Waals surface area contributed by atoms with Gasteiger partial charge in [0.15, 0.2) is 5.11 Å². The molecule has 0 aromatic heterocycles. The Morgan fingerprint density at radius 3 is 2.20 bits per heavy atom. The van der Waals surface area contributed by atoms with Crippen LogP contribution in [0.15, 0.2) is 0 Å². The Morgan fingerprint density at radius 1 is 1.60 bits per heavy atom. The molecule has 10 heavy (non-hydrogen) atoms. The first-order valence-corrected chi connectivity index (χ1v) is 4.03. The highest BCUT2D eigenvalue weighted by Gasteiger charge is 2.04. The van der Waals surface area contributed by atoms with Gasteiger partial charge in [0.25, 0.3) is 0 Å². The summed E-state index contributed by atoms with van der Waals surface area (Å²) in [5, 5.41) is 0.510. The lowest BCUT2D eigenvalue weighted by atomic mass is 10.2. The van der Waals surface area contributed by atoms with Crippen molar-refractivity contribution >= 4 is 17.3 Å². The van der Waals surface area contributed by atoms with E-state index in [1.54, 1.807) is 0 Å². The zero-order valence-corrected chi connectivity index (χ0v) is 7.74. The molecule has 0 saturated heterocycles. The molecule has 0 heterocycles. The Hall–Kier alpha value is -0.310. The Labute approximate surface area is 68.4 Å². The summed E-state index contributed by atoms with van der Waals surface area (Å²) in [4.78, 5) is 2.00. The number of rotatable bonds is 3. The van der Waals surface area contributed by atoms with Gasteiger partial charge in [-0.15, -0.1) is 0 Å². The summed E-state index contributed by atoms with van der Waals surface area (Å²) in [5.41, 5.74) is 5.45. The Morgan fingerprint density at radius 2 is 2.10 bits per heavy atom. The molecule has 60 valence electrons. The van der Waals surface area contributed by atoms with E-state index < -0.39 is 0 Å². The predicted molar refractivity (Wildman–Crippen MR) is 48.9 cm³/mol. The molecule has 0 atom stereocenters. The molecule has 0 aliphatic rings. The van der Waals surface area contributed by atoms with Crippen LogP contribution >= 0.6 is 12.2 Å². The summed E-state index contributed by atoms with van der Waals surface area (Å²) in [6.07, 6.45) is 0. The summed E-state index contributed by atoms with van der Waals surface area (Å²) in [7, 11) is 0. The molecule has 0 rings (SSSR count). The van der Waals surface area contributed by atoms with E-state index in [2.05, 4.69) is 20.8 Å². The van der Waals surface area contributed by atoms with Crippen LogP contribution in [0.3, 0.4) is 0 Å². The molecule has 0 saturated carbocycles.